The number of alkyl halides is 3. The van der Waals surface area contributed by atoms with Crippen molar-refractivity contribution in [1.82, 2.24) is 24.9 Å². The molecule has 1 N–H and O–H groups in total. The van der Waals surface area contributed by atoms with Gasteiger partial charge >= 0.3 is 6.18 Å². The third-order valence-electron chi connectivity index (χ3n) is 3.58. The molecule has 2 aromatic heterocycles. The second-order valence-corrected chi connectivity index (χ2v) is 5.42. The number of carbonyl (C=O) groups is 1. The average Bonchev–Trinajstić information content (AvgIpc) is 3.09. The fourth-order valence-electron chi connectivity index (χ4n) is 2.25. The number of rotatable bonds is 3. The molecule has 2 aromatic rings. The molecule has 0 radical (unpaired) electrons. The number of halogens is 3. The Labute approximate surface area is 123 Å². The van der Waals surface area contributed by atoms with Crippen molar-refractivity contribution in [2.24, 2.45) is 0 Å². The van der Waals surface area contributed by atoms with Gasteiger partial charge in [0.1, 0.15) is 0 Å². The highest BCUT2D eigenvalue weighted by molar-refractivity contribution is 5.79. The van der Waals surface area contributed by atoms with E-state index in [-0.39, 0.29) is 24.1 Å². The molecule has 0 spiro atoms. The van der Waals surface area contributed by atoms with Gasteiger partial charge in [-0.1, -0.05) is 0 Å². The van der Waals surface area contributed by atoms with Crippen LogP contribution in [0.15, 0.2) is 0 Å². The number of hydrogen-bond donors (Lipinski definition) is 1. The summed E-state index contributed by atoms with van der Waals surface area (Å²) >= 11 is 0. The lowest BCUT2D eigenvalue weighted by molar-refractivity contribution is -0.144. The number of nitrogens with one attached hydrogen (secondary N) is 1. The van der Waals surface area contributed by atoms with Crippen LogP contribution in [-0.4, -0.2) is 31.5 Å². The summed E-state index contributed by atoms with van der Waals surface area (Å²) in [6.45, 7) is 3.25. The average molecular weight is 313 g/mol. The number of fused-ring (bicyclic) bond motifs is 1. The monoisotopic (exact) mass is 313 g/mol. The van der Waals surface area contributed by atoms with Gasteiger partial charge in [0.2, 0.25) is 5.91 Å². The summed E-state index contributed by atoms with van der Waals surface area (Å²) < 4.78 is 39.1. The van der Waals surface area contributed by atoms with E-state index in [0.717, 1.165) is 17.4 Å². The van der Waals surface area contributed by atoms with E-state index in [0.29, 0.717) is 17.0 Å². The Kier molecular flexibility index (Phi) is 3.30. The van der Waals surface area contributed by atoms with Crippen LogP contribution in [0.4, 0.5) is 13.2 Å². The van der Waals surface area contributed by atoms with Crippen LogP contribution in [-0.2, 0) is 17.4 Å². The van der Waals surface area contributed by atoms with Gasteiger partial charge in [0, 0.05) is 23.0 Å². The van der Waals surface area contributed by atoms with Crippen LogP contribution in [0.2, 0.25) is 0 Å². The van der Waals surface area contributed by atoms with E-state index in [4.69, 9.17) is 0 Å². The van der Waals surface area contributed by atoms with Crippen molar-refractivity contribution in [3.05, 3.63) is 22.8 Å². The SMILES string of the molecule is Cc1nc2nc(C(F)(F)F)nn2c(C)c1CC(=O)NC1CC1. The van der Waals surface area contributed by atoms with Crippen molar-refractivity contribution in [3.8, 4) is 0 Å². The number of aromatic nitrogens is 4. The van der Waals surface area contributed by atoms with Gasteiger partial charge in [-0.05, 0) is 26.7 Å². The van der Waals surface area contributed by atoms with Crippen LogP contribution in [0.25, 0.3) is 5.78 Å². The number of amides is 1. The molecule has 1 aliphatic rings. The maximum atomic E-state index is 12.7. The minimum absolute atomic E-state index is 0.0678. The number of carbonyl (C=O) groups excluding carboxylic acids is 1. The number of aryl methyl sites for hydroxylation is 2. The third-order valence-corrected chi connectivity index (χ3v) is 3.58. The van der Waals surface area contributed by atoms with E-state index >= 15 is 0 Å². The molecule has 2 heterocycles. The highest BCUT2D eigenvalue weighted by Gasteiger charge is 2.37. The fraction of sp³-hybridized carbons (Fsp3) is 0.538. The Balaban J connectivity index is 1.97. The summed E-state index contributed by atoms with van der Waals surface area (Å²) in [7, 11) is 0. The normalized spacial score (nSPS) is 15.3. The highest BCUT2D eigenvalue weighted by Crippen LogP contribution is 2.27. The molecule has 0 saturated heterocycles. The van der Waals surface area contributed by atoms with Gasteiger partial charge in [-0.3, -0.25) is 4.79 Å². The van der Waals surface area contributed by atoms with Gasteiger partial charge in [-0.2, -0.15) is 18.2 Å². The Morgan fingerprint density at radius 1 is 1.32 bits per heavy atom. The largest absolute Gasteiger partial charge is 0.453 e. The van der Waals surface area contributed by atoms with Crippen LogP contribution < -0.4 is 5.32 Å². The fourth-order valence-corrected chi connectivity index (χ4v) is 2.25. The first-order valence-corrected chi connectivity index (χ1v) is 6.85. The first-order chi connectivity index (χ1) is 10.3. The number of nitrogens with zero attached hydrogens (tertiary/aromatic N) is 4. The van der Waals surface area contributed by atoms with E-state index in [1.807, 2.05) is 0 Å². The van der Waals surface area contributed by atoms with Crippen molar-refractivity contribution in [2.75, 3.05) is 0 Å². The molecule has 22 heavy (non-hydrogen) atoms. The standard InChI is InChI=1S/C13H14F3N5O/c1-6-9(5-10(22)18-8-3-4-8)7(2)21-12(17-6)19-11(20-21)13(14,15)16/h8H,3-5H2,1-2H3,(H,18,22). The van der Waals surface area contributed by atoms with Gasteiger partial charge < -0.3 is 5.32 Å². The summed E-state index contributed by atoms with van der Waals surface area (Å²) in [4.78, 5) is 19.3. The van der Waals surface area contributed by atoms with Crippen molar-refractivity contribution in [3.63, 3.8) is 0 Å². The van der Waals surface area contributed by atoms with Crippen LogP contribution >= 0.6 is 0 Å². The molecular weight excluding hydrogens is 299 g/mol. The summed E-state index contributed by atoms with van der Waals surface area (Å²) in [6, 6.07) is 0.230. The molecule has 0 aliphatic heterocycles. The van der Waals surface area contributed by atoms with Crippen molar-refractivity contribution < 1.29 is 18.0 Å². The van der Waals surface area contributed by atoms with Crippen molar-refractivity contribution >= 4 is 11.7 Å². The molecule has 6 nitrogen and oxygen atoms in total. The van der Waals surface area contributed by atoms with Gasteiger partial charge in [0.25, 0.3) is 11.6 Å². The molecule has 1 aliphatic carbocycles. The second-order valence-electron chi connectivity index (χ2n) is 5.42. The zero-order chi connectivity index (χ0) is 16.1. The first-order valence-electron chi connectivity index (χ1n) is 6.85. The molecule has 1 fully saturated rings. The molecule has 118 valence electrons. The number of hydrogen-bond acceptors (Lipinski definition) is 4. The highest BCUT2D eigenvalue weighted by atomic mass is 19.4. The van der Waals surface area contributed by atoms with E-state index in [2.05, 4.69) is 20.4 Å². The molecule has 1 saturated carbocycles. The molecule has 0 aromatic carbocycles. The summed E-state index contributed by atoms with van der Waals surface area (Å²) in [6.07, 6.45) is -2.62. The van der Waals surface area contributed by atoms with Crippen molar-refractivity contribution in [2.45, 2.75) is 45.3 Å². The van der Waals surface area contributed by atoms with E-state index in [1.54, 1.807) is 13.8 Å². The van der Waals surface area contributed by atoms with Gasteiger partial charge in [-0.15, -0.1) is 5.10 Å². The Hall–Kier alpha value is -2.19. The summed E-state index contributed by atoms with van der Waals surface area (Å²) in [5, 5.41) is 6.29. The molecule has 1 amide bonds. The molecule has 3 rings (SSSR count). The molecule has 0 bridgehead atoms. The molecule has 0 unspecified atom stereocenters. The topological polar surface area (TPSA) is 72.2 Å². The van der Waals surface area contributed by atoms with Gasteiger partial charge in [-0.25, -0.2) is 9.50 Å². The lowest BCUT2D eigenvalue weighted by atomic mass is 10.1. The van der Waals surface area contributed by atoms with E-state index in [1.165, 1.54) is 0 Å². The zero-order valence-electron chi connectivity index (χ0n) is 12.0. The third kappa shape index (κ3) is 2.75. The smallest absolute Gasteiger partial charge is 0.353 e. The lowest BCUT2D eigenvalue weighted by Gasteiger charge is -2.10. The van der Waals surface area contributed by atoms with Crippen LogP contribution in [0, 0.1) is 13.8 Å². The predicted molar refractivity (Wildman–Crippen MR) is 70.1 cm³/mol. The lowest BCUT2D eigenvalue weighted by Crippen LogP contribution is -2.28. The van der Waals surface area contributed by atoms with Crippen LogP contribution in [0.3, 0.4) is 0 Å². The summed E-state index contributed by atoms with van der Waals surface area (Å²) in [5.41, 5.74) is 1.50. The molecule has 9 heteroatoms. The Bertz CT molecular complexity index is 748. The Morgan fingerprint density at radius 2 is 2.00 bits per heavy atom. The predicted octanol–water partition coefficient (Wildman–Crippen LogP) is 1.58. The van der Waals surface area contributed by atoms with Crippen molar-refractivity contribution in [1.29, 1.82) is 0 Å². The minimum atomic E-state index is -4.63. The Morgan fingerprint density at radius 3 is 2.59 bits per heavy atom. The zero-order valence-corrected chi connectivity index (χ0v) is 12.0. The van der Waals surface area contributed by atoms with E-state index in [9.17, 15) is 18.0 Å². The molecular formula is C13H14F3N5O. The maximum absolute atomic E-state index is 12.7. The van der Waals surface area contributed by atoms with E-state index < -0.39 is 12.0 Å². The first kappa shape index (κ1) is 14.7. The van der Waals surface area contributed by atoms with Crippen LogP contribution in [0.1, 0.15) is 35.6 Å². The van der Waals surface area contributed by atoms with Gasteiger partial charge in [0.15, 0.2) is 0 Å². The summed E-state index contributed by atoms with van der Waals surface area (Å²) in [5.74, 6) is -1.51. The van der Waals surface area contributed by atoms with Gasteiger partial charge in [0.05, 0.1) is 6.42 Å². The van der Waals surface area contributed by atoms with Crippen LogP contribution in [0.5, 0.6) is 0 Å². The maximum Gasteiger partial charge on any atom is 0.453 e. The minimum Gasteiger partial charge on any atom is -0.353 e. The second kappa shape index (κ2) is 4.92. The molecule has 0 atom stereocenters. The quantitative estimate of drug-likeness (QED) is 0.934.